The summed E-state index contributed by atoms with van der Waals surface area (Å²) in [5.74, 6) is -1.78. The van der Waals surface area contributed by atoms with E-state index in [1.165, 1.54) is 4.90 Å². The highest BCUT2D eigenvalue weighted by Gasteiger charge is 2.36. The smallest absolute Gasteiger partial charge is 0.273 e. The molecule has 10 heteroatoms. The third-order valence-corrected chi connectivity index (χ3v) is 7.54. The standard InChI is InChI=1S/C30H32N6O3S/c1-18-10-13-23(16-19(18)2)36(30(39)27-24(31)25(28(32)37)34-40-27)26(21-11-14-22(15-12-21)35(3)4)29(38)33-17-20-8-6-5-7-9-20/h5-16,26H,17,31H2,1-4H3,(H2,32,37)(H,33,38)/t26-/m0/s1. The summed E-state index contributed by atoms with van der Waals surface area (Å²) < 4.78 is 4.02. The molecule has 3 amide bonds. The fraction of sp³-hybridized carbons (Fsp3) is 0.200. The molecule has 0 saturated heterocycles. The summed E-state index contributed by atoms with van der Waals surface area (Å²) in [5, 5.41) is 2.99. The van der Waals surface area contributed by atoms with E-state index in [-0.39, 0.29) is 28.7 Å². The van der Waals surface area contributed by atoms with Crippen molar-refractivity contribution in [3.63, 3.8) is 0 Å². The topological polar surface area (TPSA) is 135 Å². The molecule has 0 aliphatic rings. The Morgan fingerprint density at radius 3 is 2.15 bits per heavy atom. The van der Waals surface area contributed by atoms with Crippen LogP contribution in [0.15, 0.2) is 72.8 Å². The van der Waals surface area contributed by atoms with Gasteiger partial charge in [0.05, 0.1) is 5.69 Å². The summed E-state index contributed by atoms with van der Waals surface area (Å²) in [4.78, 5) is 43.5. The third-order valence-electron chi connectivity index (χ3n) is 6.68. The Balaban J connectivity index is 1.86. The van der Waals surface area contributed by atoms with Crippen LogP contribution in [0.2, 0.25) is 0 Å². The maximum Gasteiger partial charge on any atom is 0.273 e. The van der Waals surface area contributed by atoms with E-state index < -0.39 is 17.9 Å². The number of rotatable bonds is 9. The maximum absolute atomic E-state index is 14.2. The highest BCUT2D eigenvalue weighted by atomic mass is 32.1. The van der Waals surface area contributed by atoms with Gasteiger partial charge in [-0.05, 0) is 71.9 Å². The monoisotopic (exact) mass is 556 g/mol. The molecule has 0 spiro atoms. The van der Waals surface area contributed by atoms with Gasteiger partial charge >= 0.3 is 0 Å². The van der Waals surface area contributed by atoms with Gasteiger partial charge in [-0.3, -0.25) is 19.3 Å². The molecule has 1 aromatic heterocycles. The Labute approximate surface area is 237 Å². The number of carbonyl (C=O) groups excluding carboxylic acids is 3. The van der Waals surface area contributed by atoms with Crippen molar-refractivity contribution in [1.82, 2.24) is 9.69 Å². The summed E-state index contributed by atoms with van der Waals surface area (Å²) in [6.45, 7) is 4.18. The average Bonchev–Trinajstić information content (AvgIpc) is 3.33. The second kappa shape index (κ2) is 12.0. The minimum Gasteiger partial charge on any atom is -0.395 e. The maximum atomic E-state index is 14.2. The van der Waals surface area contributed by atoms with Crippen molar-refractivity contribution in [3.05, 3.63) is 106 Å². The number of amides is 3. The Morgan fingerprint density at radius 1 is 0.925 bits per heavy atom. The molecule has 40 heavy (non-hydrogen) atoms. The molecule has 0 aliphatic carbocycles. The molecule has 0 saturated carbocycles. The van der Waals surface area contributed by atoms with Crippen LogP contribution in [-0.4, -0.2) is 36.2 Å². The molecule has 4 aromatic rings. The van der Waals surface area contributed by atoms with Crippen LogP contribution >= 0.6 is 11.5 Å². The van der Waals surface area contributed by atoms with Crippen LogP contribution in [0.25, 0.3) is 0 Å². The Morgan fingerprint density at radius 2 is 1.57 bits per heavy atom. The van der Waals surface area contributed by atoms with Gasteiger partial charge in [-0.25, -0.2) is 0 Å². The number of nitrogen functional groups attached to an aromatic ring is 1. The fourth-order valence-electron chi connectivity index (χ4n) is 4.25. The van der Waals surface area contributed by atoms with Crippen LogP contribution in [0.3, 0.4) is 0 Å². The molecule has 0 radical (unpaired) electrons. The largest absolute Gasteiger partial charge is 0.395 e. The zero-order valence-corrected chi connectivity index (χ0v) is 23.7. The number of nitrogens with zero attached hydrogens (tertiary/aromatic N) is 3. The van der Waals surface area contributed by atoms with E-state index in [1.807, 2.05) is 99.6 Å². The van der Waals surface area contributed by atoms with E-state index in [0.717, 1.165) is 33.9 Å². The number of aromatic nitrogens is 1. The molecule has 5 N–H and O–H groups in total. The van der Waals surface area contributed by atoms with E-state index in [9.17, 15) is 14.4 Å². The quantitative estimate of drug-likeness (QED) is 0.283. The molecule has 3 aromatic carbocycles. The zero-order valence-electron chi connectivity index (χ0n) is 22.8. The average molecular weight is 557 g/mol. The molecule has 9 nitrogen and oxygen atoms in total. The van der Waals surface area contributed by atoms with Crippen LogP contribution in [0.4, 0.5) is 17.1 Å². The van der Waals surface area contributed by atoms with Gasteiger partial charge < -0.3 is 21.7 Å². The number of nitrogens with one attached hydrogen (secondary N) is 1. The molecule has 0 unspecified atom stereocenters. The van der Waals surface area contributed by atoms with Crippen molar-refractivity contribution in [2.75, 3.05) is 29.6 Å². The first-order chi connectivity index (χ1) is 19.1. The molecule has 4 rings (SSSR count). The van der Waals surface area contributed by atoms with Crippen LogP contribution < -0.4 is 26.6 Å². The predicted octanol–water partition coefficient (Wildman–Crippen LogP) is 4.21. The van der Waals surface area contributed by atoms with Crippen molar-refractivity contribution >= 4 is 46.3 Å². The molecule has 206 valence electrons. The lowest BCUT2D eigenvalue weighted by atomic mass is 10.0. The van der Waals surface area contributed by atoms with Gasteiger partial charge in [-0.2, -0.15) is 4.37 Å². The summed E-state index contributed by atoms with van der Waals surface area (Å²) in [6, 6.07) is 21.4. The first-order valence-electron chi connectivity index (χ1n) is 12.6. The normalized spacial score (nSPS) is 11.5. The molecule has 0 aliphatic heterocycles. The number of hydrogen-bond acceptors (Lipinski definition) is 7. The van der Waals surface area contributed by atoms with Gasteiger partial charge in [0.2, 0.25) is 5.91 Å². The van der Waals surface area contributed by atoms with E-state index in [4.69, 9.17) is 11.5 Å². The molecular weight excluding hydrogens is 524 g/mol. The van der Waals surface area contributed by atoms with Crippen LogP contribution in [0.5, 0.6) is 0 Å². The first-order valence-corrected chi connectivity index (χ1v) is 13.4. The zero-order chi connectivity index (χ0) is 29.0. The number of nitrogens with two attached hydrogens (primary N) is 2. The summed E-state index contributed by atoms with van der Waals surface area (Å²) >= 11 is 0.778. The van der Waals surface area contributed by atoms with Gasteiger partial charge in [0.15, 0.2) is 5.69 Å². The van der Waals surface area contributed by atoms with Crippen molar-refractivity contribution in [3.8, 4) is 0 Å². The third kappa shape index (κ3) is 5.97. The van der Waals surface area contributed by atoms with Crippen molar-refractivity contribution < 1.29 is 14.4 Å². The number of hydrogen-bond donors (Lipinski definition) is 3. The Hall–Kier alpha value is -4.70. The lowest BCUT2D eigenvalue weighted by Crippen LogP contribution is -2.44. The SMILES string of the molecule is Cc1ccc(N(C(=O)c2snc(C(N)=O)c2N)[C@H](C(=O)NCc2ccccc2)c2ccc(N(C)C)cc2)cc1C. The van der Waals surface area contributed by atoms with E-state index in [0.29, 0.717) is 11.3 Å². The summed E-state index contributed by atoms with van der Waals surface area (Å²) in [6.07, 6.45) is 0. The minimum absolute atomic E-state index is 0.0257. The number of carbonyl (C=O) groups is 3. The Kier molecular flexibility index (Phi) is 8.49. The fourth-order valence-corrected chi connectivity index (χ4v) is 4.99. The lowest BCUT2D eigenvalue weighted by molar-refractivity contribution is -0.122. The summed E-state index contributed by atoms with van der Waals surface area (Å²) in [7, 11) is 3.85. The predicted molar refractivity (Wildman–Crippen MR) is 160 cm³/mol. The number of primary amides is 1. The van der Waals surface area contributed by atoms with Crippen LogP contribution in [0, 0.1) is 13.8 Å². The molecule has 1 heterocycles. The van der Waals surface area contributed by atoms with E-state index in [1.54, 1.807) is 6.07 Å². The number of benzene rings is 3. The second-order valence-corrected chi connectivity index (χ2v) is 10.4. The second-order valence-electron chi connectivity index (χ2n) is 9.67. The highest BCUT2D eigenvalue weighted by Crippen LogP contribution is 2.34. The van der Waals surface area contributed by atoms with Crippen molar-refractivity contribution in [2.45, 2.75) is 26.4 Å². The molecule has 0 bridgehead atoms. The van der Waals surface area contributed by atoms with Gasteiger partial charge in [0.25, 0.3) is 11.8 Å². The minimum atomic E-state index is -1.06. The molecule has 1 atom stereocenters. The van der Waals surface area contributed by atoms with Gasteiger partial charge in [0.1, 0.15) is 10.9 Å². The molecular formula is C30H32N6O3S. The van der Waals surface area contributed by atoms with E-state index >= 15 is 0 Å². The van der Waals surface area contributed by atoms with Crippen molar-refractivity contribution in [1.29, 1.82) is 0 Å². The van der Waals surface area contributed by atoms with Gasteiger partial charge in [-0.1, -0.05) is 48.5 Å². The van der Waals surface area contributed by atoms with Crippen molar-refractivity contribution in [2.24, 2.45) is 5.73 Å². The van der Waals surface area contributed by atoms with Gasteiger partial charge in [0, 0.05) is 32.0 Å². The van der Waals surface area contributed by atoms with Crippen LogP contribution in [0.1, 0.15) is 48.5 Å². The summed E-state index contributed by atoms with van der Waals surface area (Å²) in [5.41, 5.74) is 16.2. The Bertz CT molecular complexity index is 1530. The van der Waals surface area contributed by atoms with E-state index in [2.05, 4.69) is 9.69 Å². The molecule has 0 fully saturated rings. The first kappa shape index (κ1) is 28.3. The highest BCUT2D eigenvalue weighted by molar-refractivity contribution is 7.09. The van der Waals surface area contributed by atoms with Gasteiger partial charge in [-0.15, -0.1) is 0 Å². The number of aryl methyl sites for hydroxylation is 2. The number of anilines is 3. The van der Waals surface area contributed by atoms with Crippen LogP contribution in [-0.2, 0) is 11.3 Å². The lowest BCUT2D eigenvalue weighted by Gasteiger charge is -2.32.